The van der Waals surface area contributed by atoms with Crippen LogP contribution in [0.1, 0.15) is 39.3 Å². The number of non-ortho nitro benzene ring substituents is 1. The van der Waals surface area contributed by atoms with E-state index in [0.717, 1.165) is 0 Å². The number of H-pyrrole nitrogens is 1. The molecular formula is C24H21ClFN3O6. The van der Waals surface area contributed by atoms with E-state index in [0.29, 0.717) is 35.1 Å². The third-order valence-electron chi connectivity index (χ3n) is 5.95. The zero-order valence-electron chi connectivity index (χ0n) is 18.8. The number of aromatic nitrogens is 1. The van der Waals surface area contributed by atoms with E-state index >= 15 is 0 Å². The fraction of sp³-hybridized carbons (Fsp3) is 0.250. The minimum absolute atomic E-state index is 0.0350. The molecule has 1 amide bonds. The van der Waals surface area contributed by atoms with E-state index < -0.39 is 22.5 Å². The van der Waals surface area contributed by atoms with E-state index in [-0.39, 0.29) is 40.0 Å². The van der Waals surface area contributed by atoms with Crippen molar-refractivity contribution >= 4 is 29.2 Å². The van der Waals surface area contributed by atoms with Crippen molar-refractivity contribution in [3.63, 3.8) is 0 Å². The molecule has 3 aromatic rings. The number of ether oxygens (including phenoxy) is 1. The second-order valence-corrected chi connectivity index (χ2v) is 8.75. The molecule has 0 spiro atoms. The number of carbonyl (C=O) groups is 2. The minimum Gasteiger partial charge on any atom is -0.496 e. The Hall–Kier alpha value is -3.92. The summed E-state index contributed by atoms with van der Waals surface area (Å²) in [5.74, 6) is -1.63. The van der Waals surface area contributed by atoms with Crippen LogP contribution in [0.3, 0.4) is 0 Å². The van der Waals surface area contributed by atoms with Gasteiger partial charge in [-0.05, 0) is 54.7 Å². The smallest absolute Gasteiger partial charge is 0.353 e. The first kappa shape index (κ1) is 24.2. The van der Waals surface area contributed by atoms with Crippen molar-refractivity contribution in [1.29, 1.82) is 0 Å². The number of methoxy groups -OCH3 is 1. The number of hydrogen-bond acceptors (Lipinski definition) is 5. The number of hydrogen-bond donors (Lipinski definition) is 3. The number of carboxylic acid groups (broad SMARTS) is 1. The van der Waals surface area contributed by atoms with Crippen LogP contribution in [0.2, 0.25) is 5.15 Å². The number of carbonyl (C=O) groups excluding carboxylic acids is 1. The Morgan fingerprint density at radius 1 is 1.26 bits per heavy atom. The first-order valence-electron chi connectivity index (χ1n) is 10.6. The average molecular weight is 502 g/mol. The number of nitrogens with zero attached hydrogens (tertiary/aromatic N) is 1. The van der Waals surface area contributed by atoms with E-state index in [4.69, 9.17) is 16.3 Å². The number of halogens is 2. The van der Waals surface area contributed by atoms with Crippen LogP contribution in [0, 0.1) is 17.0 Å². The normalized spacial score (nSPS) is 13.8. The number of amides is 1. The molecule has 3 N–H and O–H groups in total. The van der Waals surface area contributed by atoms with E-state index in [2.05, 4.69) is 10.3 Å². The maximum absolute atomic E-state index is 13.9. The standard InChI is InChI=1S/C24H21ClFN3O6/c1-12-9-14(29(33)34)4-6-15(12)19-18(20(23(31)32)28-21(19)25)13-3-5-16(17(10-13)35-2)22(30)27-11-24(26)7-8-24/h3-6,9-10,28H,7-8,11H2,1-2H3,(H,27,30)(H,31,32). The quantitative estimate of drug-likeness (QED) is 0.288. The third-order valence-corrected chi connectivity index (χ3v) is 6.23. The highest BCUT2D eigenvalue weighted by atomic mass is 35.5. The number of nitro benzene ring substituents is 1. The van der Waals surface area contributed by atoms with Gasteiger partial charge in [0.1, 0.15) is 22.3 Å². The SMILES string of the molecule is COc1cc(-c2c(C(=O)O)[nH]c(Cl)c2-c2ccc([N+](=O)[O-])cc2C)ccc1C(=O)NCC1(F)CC1. The summed E-state index contributed by atoms with van der Waals surface area (Å²) in [5.41, 5.74) is 0.446. The molecule has 35 heavy (non-hydrogen) atoms. The molecule has 0 unspecified atom stereocenters. The van der Waals surface area contributed by atoms with Gasteiger partial charge in [0.15, 0.2) is 0 Å². The van der Waals surface area contributed by atoms with Gasteiger partial charge in [0, 0.05) is 23.3 Å². The minimum atomic E-state index is -1.36. The van der Waals surface area contributed by atoms with Crippen molar-refractivity contribution in [2.45, 2.75) is 25.4 Å². The monoisotopic (exact) mass is 501 g/mol. The summed E-state index contributed by atoms with van der Waals surface area (Å²) < 4.78 is 19.3. The number of aromatic amines is 1. The lowest BCUT2D eigenvalue weighted by molar-refractivity contribution is -0.384. The molecule has 0 saturated heterocycles. The summed E-state index contributed by atoms with van der Waals surface area (Å²) in [7, 11) is 1.36. The molecule has 1 aliphatic carbocycles. The largest absolute Gasteiger partial charge is 0.496 e. The molecule has 1 aromatic heterocycles. The zero-order valence-corrected chi connectivity index (χ0v) is 19.5. The Morgan fingerprint density at radius 2 is 1.97 bits per heavy atom. The molecule has 2 aromatic carbocycles. The van der Waals surface area contributed by atoms with Gasteiger partial charge in [-0.2, -0.15) is 0 Å². The Morgan fingerprint density at radius 3 is 2.54 bits per heavy atom. The molecular weight excluding hydrogens is 481 g/mol. The number of nitrogens with one attached hydrogen (secondary N) is 2. The zero-order chi connectivity index (χ0) is 25.5. The van der Waals surface area contributed by atoms with Crippen molar-refractivity contribution in [2.75, 3.05) is 13.7 Å². The van der Waals surface area contributed by atoms with Crippen LogP contribution in [0.25, 0.3) is 22.3 Å². The van der Waals surface area contributed by atoms with Gasteiger partial charge in [0.2, 0.25) is 0 Å². The molecule has 0 radical (unpaired) electrons. The highest BCUT2D eigenvalue weighted by Crippen LogP contribution is 2.43. The Balaban J connectivity index is 1.81. The lowest BCUT2D eigenvalue weighted by atomic mass is 9.93. The number of rotatable bonds is 8. The van der Waals surface area contributed by atoms with Crippen LogP contribution in [0.5, 0.6) is 5.75 Å². The van der Waals surface area contributed by atoms with Gasteiger partial charge >= 0.3 is 5.97 Å². The van der Waals surface area contributed by atoms with Crippen molar-refractivity contribution in [2.24, 2.45) is 0 Å². The molecule has 0 atom stereocenters. The van der Waals surface area contributed by atoms with Crippen LogP contribution in [0.4, 0.5) is 10.1 Å². The Kier molecular flexibility index (Phi) is 6.25. The molecule has 1 heterocycles. The van der Waals surface area contributed by atoms with Crippen LogP contribution in [-0.2, 0) is 0 Å². The second-order valence-electron chi connectivity index (χ2n) is 8.37. The summed E-state index contributed by atoms with van der Waals surface area (Å²) in [6, 6.07) is 8.67. The fourth-order valence-electron chi connectivity index (χ4n) is 3.89. The molecule has 0 aliphatic heterocycles. The van der Waals surface area contributed by atoms with Crippen LogP contribution in [0.15, 0.2) is 36.4 Å². The third kappa shape index (κ3) is 4.69. The fourth-order valence-corrected chi connectivity index (χ4v) is 4.18. The Labute approximate surface area is 204 Å². The molecule has 1 saturated carbocycles. The van der Waals surface area contributed by atoms with Gasteiger partial charge in [0.25, 0.3) is 11.6 Å². The lowest BCUT2D eigenvalue weighted by Crippen LogP contribution is -2.31. The summed E-state index contributed by atoms with van der Waals surface area (Å²) in [6.45, 7) is 1.55. The summed E-state index contributed by atoms with van der Waals surface area (Å²) in [4.78, 5) is 37.9. The topological polar surface area (TPSA) is 135 Å². The number of aromatic carboxylic acids is 1. The van der Waals surface area contributed by atoms with Crippen molar-refractivity contribution < 1.29 is 28.7 Å². The van der Waals surface area contributed by atoms with Crippen LogP contribution in [-0.4, -0.2) is 46.2 Å². The lowest BCUT2D eigenvalue weighted by Gasteiger charge is -2.14. The molecule has 1 aliphatic rings. The molecule has 11 heteroatoms. The van der Waals surface area contributed by atoms with Crippen LogP contribution >= 0.6 is 11.6 Å². The van der Waals surface area contributed by atoms with Crippen molar-refractivity contribution in [1.82, 2.24) is 10.3 Å². The highest BCUT2D eigenvalue weighted by molar-refractivity contribution is 6.34. The maximum atomic E-state index is 13.9. The number of aryl methyl sites for hydroxylation is 1. The van der Waals surface area contributed by atoms with Gasteiger partial charge in [0.05, 0.1) is 24.1 Å². The second kappa shape index (κ2) is 9.03. The molecule has 0 bridgehead atoms. The van der Waals surface area contributed by atoms with E-state index in [9.17, 15) is 29.2 Å². The average Bonchev–Trinajstić information content (AvgIpc) is 3.46. The summed E-state index contributed by atoms with van der Waals surface area (Å²) >= 11 is 6.41. The maximum Gasteiger partial charge on any atom is 0.353 e. The molecule has 1 fully saturated rings. The highest BCUT2D eigenvalue weighted by Gasteiger charge is 2.43. The molecule has 4 rings (SSSR count). The molecule has 182 valence electrons. The number of carboxylic acids is 1. The predicted molar refractivity (Wildman–Crippen MR) is 127 cm³/mol. The summed E-state index contributed by atoms with van der Waals surface area (Å²) in [5, 5.41) is 23.5. The number of benzene rings is 2. The van der Waals surface area contributed by atoms with E-state index in [1.54, 1.807) is 6.92 Å². The first-order valence-corrected chi connectivity index (χ1v) is 11.0. The molecule has 9 nitrogen and oxygen atoms in total. The van der Waals surface area contributed by atoms with Gasteiger partial charge in [-0.15, -0.1) is 0 Å². The summed E-state index contributed by atoms with van der Waals surface area (Å²) in [6.07, 6.45) is 0.806. The van der Waals surface area contributed by atoms with Crippen molar-refractivity contribution in [3.8, 4) is 28.0 Å². The van der Waals surface area contributed by atoms with E-state index in [1.165, 1.54) is 43.5 Å². The van der Waals surface area contributed by atoms with E-state index in [1.807, 2.05) is 0 Å². The van der Waals surface area contributed by atoms with Crippen molar-refractivity contribution in [3.05, 3.63) is 68.5 Å². The van der Waals surface area contributed by atoms with Gasteiger partial charge in [-0.3, -0.25) is 14.9 Å². The first-order chi connectivity index (χ1) is 16.5. The number of nitro groups is 1. The number of alkyl halides is 1. The van der Waals surface area contributed by atoms with Crippen LogP contribution < -0.4 is 10.1 Å². The van der Waals surface area contributed by atoms with Gasteiger partial charge in [-0.1, -0.05) is 17.7 Å². The van der Waals surface area contributed by atoms with Gasteiger partial charge in [-0.25, -0.2) is 9.18 Å². The predicted octanol–water partition coefficient (Wildman–Crippen LogP) is 5.16. The van der Waals surface area contributed by atoms with Gasteiger partial charge < -0.3 is 20.1 Å². The Bertz CT molecular complexity index is 1370.